The Bertz CT molecular complexity index is 1470. The van der Waals surface area contributed by atoms with Crippen LogP contribution in [0.3, 0.4) is 0 Å². The summed E-state index contributed by atoms with van der Waals surface area (Å²) in [7, 11) is 0. The molecule has 0 aliphatic carbocycles. The summed E-state index contributed by atoms with van der Waals surface area (Å²) in [5.41, 5.74) is 5.94. The van der Waals surface area contributed by atoms with E-state index in [2.05, 4.69) is 24.0 Å². The van der Waals surface area contributed by atoms with Gasteiger partial charge in [0, 0.05) is 22.7 Å². The highest BCUT2D eigenvalue weighted by atomic mass is 35.5. The normalized spacial score (nSPS) is 14.8. The maximum Gasteiger partial charge on any atom is 0.273 e. The summed E-state index contributed by atoms with van der Waals surface area (Å²) in [6.07, 6.45) is 0.951. The summed E-state index contributed by atoms with van der Waals surface area (Å²) >= 11 is 6.51. The lowest BCUT2D eigenvalue weighted by Crippen LogP contribution is -2.29. The van der Waals surface area contributed by atoms with Gasteiger partial charge in [0.1, 0.15) is 22.9 Å². The number of hydrogen-bond donors (Lipinski definition) is 2. The predicted octanol–water partition coefficient (Wildman–Crippen LogP) is 7.22. The molecule has 0 spiro atoms. The van der Waals surface area contributed by atoms with Crippen molar-refractivity contribution in [1.82, 2.24) is 15.1 Å². The van der Waals surface area contributed by atoms with Gasteiger partial charge in [0.05, 0.1) is 12.6 Å². The molecule has 1 unspecified atom stereocenters. The van der Waals surface area contributed by atoms with Crippen molar-refractivity contribution in [3.63, 3.8) is 0 Å². The first kappa shape index (κ1) is 25.9. The van der Waals surface area contributed by atoms with E-state index in [-0.39, 0.29) is 11.7 Å². The summed E-state index contributed by atoms with van der Waals surface area (Å²) in [5, 5.41) is 19.1. The van der Waals surface area contributed by atoms with Crippen molar-refractivity contribution in [2.24, 2.45) is 5.92 Å². The zero-order chi connectivity index (χ0) is 27.0. The van der Waals surface area contributed by atoms with E-state index >= 15 is 0 Å². The van der Waals surface area contributed by atoms with Gasteiger partial charge in [-0.2, -0.15) is 5.10 Å². The molecule has 0 fully saturated rings. The van der Waals surface area contributed by atoms with Crippen molar-refractivity contribution in [2.75, 3.05) is 6.61 Å². The van der Waals surface area contributed by atoms with Crippen LogP contribution < -0.4 is 4.74 Å². The van der Waals surface area contributed by atoms with E-state index in [9.17, 15) is 9.90 Å². The molecule has 0 radical (unpaired) electrons. The third-order valence-corrected chi connectivity index (χ3v) is 7.36. The zero-order valence-electron chi connectivity index (χ0n) is 22.1. The minimum Gasteiger partial charge on any atom is -0.507 e. The Morgan fingerprint density at radius 3 is 2.63 bits per heavy atom. The topological polar surface area (TPSA) is 78.5 Å². The van der Waals surface area contributed by atoms with Gasteiger partial charge in [0.15, 0.2) is 0 Å². The van der Waals surface area contributed by atoms with Crippen LogP contribution in [0.4, 0.5) is 0 Å². The monoisotopic (exact) mass is 529 g/mol. The molecular weight excluding hydrogens is 498 g/mol. The first-order valence-corrected chi connectivity index (χ1v) is 13.3. The van der Waals surface area contributed by atoms with Crippen LogP contribution in [0.25, 0.3) is 11.3 Å². The van der Waals surface area contributed by atoms with Gasteiger partial charge in [-0.1, -0.05) is 61.8 Å². The predicted molar refractivity (Wildman–Crippen MR) is 150 cm³/mol. The van der Waals surface area contributed by atoms with E-state index in [1.54, 1.807) is 11.0 Å². The molecule has 5 rings (SSSR count). The van der Waals surface area contributed by atoms with Crippen molar-refractivity contribution in [3.05, 3.63) is 99.2 Å². The standard InChI is InChI=1S/C31H32ClN3O3/c1-18(2)12-13-38-23-10-7-9-21(16-23)30-27-28(26-20(4)14-19(3)15-25(26)36)33-34-29(27)31(37)35(30)17-22-8-5-6-11-24(22)32/h5-11,14-16,18,30,36H,12-13,17H2,1-4H3,(H,33,34). The number of phenolic OH excluding ortho intramolecular Hbond substituents is 1. The molecule has 38 heavy (non-hydrogen) atoms. The molecule has 196 valence electrons. The van der Waals surface area contributed by atoms with E-state index in [0.29, 0.717) is 41.0 Å². The number of fused-ring (bicyclic) bond motifs is 1. The number of rotatable bonds is 8. The SMILES string of the molecule is Cc1cc(C)c(-c2n[nH]c3c2C(c2cccc(OCCC(C)C)c2)N(Cc2ccccc2Cl)C3=O)c(O)c1. The third kappa shape index (κ3) is 4.88. The lowest BCUT2D eigenvalue weighted by molar-refractivity contribution is 0.0730. The fraction of sp³-hybridized carbons (Fsp3) is 0.290. The van der Waals surface area contributed by atoms with Gasteiger partial charge in [-0.05, 0) is 72.7 Å². The van der Waals surface area contributed by atoms with Crippen LogP contribution in [0.15, 0.2) is 60.7 Å². The van der Waals surface area contributed by atoms with Crippen molar-refractivity contribution in [1.29, 1.82) is 0 Å². The maximum atomic E-state index is 13.8. The highest BCUT2D eigenvalue weighted by Gasteiger charge is 2.43. The number of benzene rings is 3. The fourth-order valence-electron chi connectivity index (χ4n) is 5.15. The molecule has 2 N–H and O–H groups in total. The summed E-state index contributed by atoms with van der Waals surface area (Å²) in [4.78, 5) is 15.6. The molecule has 4 aromatic rings. The zero-order valence-corrected chi connectivity index (χ0v) is 22.8. The number of aromatic hydroxyl groups is 1. The number of aromatic amines is 1. The van der Waals surface area contributed by atoms with Gasteiger partial charge in [-0.15, -0.1) is 0 Å². The number of nitrogens with zero attached hydrogens (tertiary/aromatic N) is 2. The molecule has 3 aromatic carbocycles. The highest BCUT2D eigenvalue weighted by molar-refractivity contribution is 6.31. The Morgan fingerprint density at radius 2 is 1.89 bits per heavy atom. The second kappa shape index (κ2) is 10.5. The van der Waals surface area contributed by atoms with Crippen molar-refractivity contribution in [3.8, 4) is 22.8 Å². The number of aryl methyl sites for hydroxylation is 2. The van der Waals surface area contributed by atoms with Gasteiger partial charge < -0.3 is 14.7 Å². The molecule has 0 saturated heterocycles. The second-order valence-corrected chi connectivity index (χ2v) is 10.8. The van der Waals surface area contributed by atoms with Gasteiger partial charge in [-0.25, -0.2) is 0 Å². The van der Waals surface area contributed by atoms with Crippen LogP contribution in [-0.2, 0) is 6.54 Å². The quantitative estimate of drug-likeness (QED) is 0.252. The Hall–Kier alpha value is -3.77. The van der Waals surface area contributed by atoms with Gasteiger partial charge in [-0.3, -0.25) is 9.89 Å². The second-order valence-electron chi connectivity index (χ2n) is 10.4. The lowest BCUT2D eigenvalue weighted by atomic mass is 9.93. The van der Waals surface area contributed by atoms with E-state index in [1.807, 2.05) is 68.4 Å². The number of hydrogen-bond acceptors (Lipinski definition) is 4. The molecule has 0 saturated carbocycles. The lowest BCUT2D eigenvalue weighted by Gasteiger charge is -2.27. The largest absolute Gasteiger partial charge is 0.507 e. The smallest absolute Gasteiger partial charge is 0.273 e. The van der Waals surface area contributed by atoms with Gasteiger partial charge in [0.25, 0.3) is 5.91 Å². The van der Waals surface area contributed by atoms with Crippen LogP contribution in [0.1, 0.15) is 64.6 Å². The summed E-state index contributed by atoms with van der Waals surface area (Å²) in [6, 6.07) is 18.7. The molecule has 1 amide bonds. The minimum atomic E-state index is -0.448. The van der Waals surface area contributed by atoms with Gasteiger partial charge >= 0.3 is 0 Å². The Balaban J connectivity index is 1.63. The molecule has 2 heterocycles. The number of carbonyl (C=O) groups is 1. The van der Waals surface area contributed by atoms with Crippen molar-refractivity contribution >= 4 is 17.5 Å². The first-order chi connectivity index (χ1) is 18.2. The Kier molecular flexibility index (Phi) is 7.17. The molecule has 6 nitrogen and oxygen atoms in total. The summed E-state index contributed by atoms with van der Waals surface area (Å²) < 4.78 is 6.06. The molecule has 1 aliphatic heterocycles. The number of phenols is 1. The van der Waals surface area contributed by atoms with Crippen LogP contribution in [-0.4, -0.2) is 32.7 Å². The van der Waals surface area contributed by atoms with E-state index in [1.165, 1.54) is 0 Å². The number of H-pyrrole nitrogens is 1. The molecule has 7 heteroatoms. The fourth-order valence-corrected chi connectivity index (χ4v) is 5.34. The Morgan fingerprint density at radius 1 is 1.11 bits per heavy atom. The average molecular weight is 530 g/mol. The van der Waals surface area contributed by atoms with E-state index in [4.69, 9.17) is 16.3 Å². The number of halogens is 1. The number of carbonyl (C=O) groups excluding carboxylic acids is 1. The summed E-state index contributed by atoms with van der Waals surface area (Å²) in [5.74, 6) is 1.26. The van der Waals surface area contributed by atoms with Crippen LogP contribution in [0.2, 0.25) is 5.02 Å². The molecular formula is C31H32ClN3O3. The average Bonchev–Trinajstić information content (AvgIpc) is 3.39. The Labute approximate surface area is 228 Å². The van der Waals surface area contributed by atoms with Crippen LogP contribution in [0, 0.1) is 19.8 Å². The first-order valence-electron chi connectivity index (χ1n) is 12.9. The van der Waals surface area contributed by atoms with E-state index < -0.39 is 6.04 Å². The van der Waals surface area contributed by atoms with Crippen molar-refractivity contribution < 1.29 is 14.6 Å². The molecule has 1 atom stereocenters. The number of ether oxygens (including phenoxy) is 1. The molecule has 1 aliphatic rings. The number of nitrogens with one attached hydrogen (secondary N) is 1. The highest BCUT2D eigenvalue weighted by Crippen LogP contribution is 2.46. The van der Waals surface area contributed by atoms with E-state index in [0.717, 1.165) is 40.0 Å². The summed E-state index contributed by atoms with van der Waals surface area (Å²) in [6.45, 7) is 9.16. The van der Waals surface area contributed by atoms with Crippen molar-refractivity contribution in [2.45, 2.75) is 46.7 Å². The third-order valence-electron chi connectivity index (χ3n) is 7.00. The molecule has 0 bridgehead atoms. The van der Waals surface area contributed by atoms with Crippen LogP contribution in [0.5, 0.6) is 11.5 Å². The molecule has 1 aromatic heterocycles. The number of amides is 1. The van der Waals surface area contributed by atoms with Crippen LogP contribution >= 0.6 is 11.6 Å². The minimum absolute atomic E-state index is 0.137. The van der Waals surface area contributed by atoms with Gasteiger partial charge in [0.2, 0.25) is 0 Å². The maximum absolute atomic E-state index is 13.8. The number of aromatic nitrogens is 2.